The van der Waals surface area contributed by atoms with E-state index in [4.69, 9.17) is 21.1 Å². The number of benzene rings is 3. The Hall–Kier alpha value is -3.91. The summed E-state index contributed by atoms with van der Waals surface area (Å²) in [6, 6.07) is 18.3. The summed E-state index contributed by atoms with van der Waals surface area (Å²) in [5.74, 6) is 0.173. The lowest BCUT2D eigenvalue weighted by Crippen LogP contribution is -2.18. The number of nitrogens with zero attached hydrogens (tertiary/aromatic N) is 2. The first-order valence-electron chi connectivity index (χ1n) is 9.10. The molecule has 0 radical (unpaired) electrons. The molecule has 0 fully saturated rings. The van der Waals surface area contributed by atoms with Gasteiger partial charge in [-0.25, -0.2) is 5.43 Å². The highest BCUT2D eigenvalue weighted by molar-refractivity contribution is 6.31. The van der Waals surface area contributed by atoms with Crippen LogP contribution in [0, 0.1) is 10.1 Å². The van der Waals surface area contributed by atoms with E-state index >= 15 is 0 Å². The van der Waals surface area contributed by atoms with Crippen molar-refractivity contribution >= 4 is 29.4 Å². The van der Waals surface area contributed by atoms with E-state index in [1.54, 1.807) is 30.3 Å². The predicted molar refractivity (Wildman–Crippen MR) is 117 cm³/mol. The molecule has 0 saturated heterocycles. The number of amides is 1. The van der Waals surface area contributed by atoms with Crippen molar-refractivity contribution in [1.82, 2.24) is 5.43 Å². The molecule has 0 bridgehead atoms. The van der Waals surface area contributed by atoms with Crippen LogP contribution in [0.2, 0.25) is 5.02 Å². The van der Waals surface area contributed by atoms with Gasteiger partial charge in [-0.05, 0) is 29.8 Å². The molecular weight excluding hydrogens is 422 g/mol. The molecule has 3 aromatic rings. The highest BCUT2D eigenvalue weighted by Crippen LogP contribution is 2.24. The quantitative estimate of drug-likeness (QED) is 0.314. The largest absolute Gasteiger partial charge is 0.496 e. The number of nitrogens with one attached hydrogen (secondary N) is 1. The van der Waals surface area contributed by atoms with Crippen molar-refractivity contribution in [3.05, 3.63) is 98.6 Å². The number of ether oxygens (including phenoxy) is 2. The average Bonchev–Trinajstić information content (AvgIpc) is 2.78. The second-order valence-electron chi connectivity index (χ2n) is 6.29. The summed E-state index contributed by atoms with van der Waals surface area (Å²) in [6.07, 6.45) is 1.43. The number of hydrogen-bond acceptors (Lipinski definition) is 6. The van der Waals surface area contributed by atoms with Crippen LogP contribution in [0.25, 0.3) is 0 Å². The third kappa shape index (κ3) is 5.80. The summed E-state index contributed by atoms with van der Waals surface area (Å²) >= 11 is 6.13. The number of non-ortho nitro benzene ring substituents is 1. The minimum absolute atomic E-state index is 0.00525. The second-order valence-corrected chi connectivity index (χ2v) is 6.70. The molecule has 0 heterocycles. The van der Waals surface area contributed by atoms with Crippen LogP contribution in [0.5, 0.6) is 11.5 Å². The lowest BCUT2D eigenvalue weighted by atomic mass is 10.1. The van der Waals surface area contributed by atoms with E-state index in [0.717, 1.165) is 11.6 Å². The molecule has 3 aromatic carbocycles. The number of nitro benzene ring substituents is 1. The van der Waals surface area contributed by atoms with Crippen molar-refractivity contribution in [1.29, 1.82) is 0 Å². The van der Waals surface area contributed by atoms with E-state index in [2.05, 4.69) is 10.5 Å². The van der Waals surface area contributed by atoms with Crippen LogP contribution in [0.15, 0.2) is 71.8 Å². The minimum Gasteiger partial charge on any atom is -0.496 e. The van der Waals surface area contributed by atoms with Gasteiger partial charge in [0.25, 0.3) is 11.6 Å². The summed E-state index contributed by atoms with van der Waals surface area (Å²) in [7, 11) is 1.37. The Kier molecular flexibility index (Phi) is 7.18. The van der Waals surface area contributed by atoms with E-state index < -0.39 is 10.8 Å². The molecule has 8 nitrogen and oxygen atoms in total. The Morgan fingerprint density at radius 3 is 2.71 bits per heavy atom. The number of halogens is 1. The predicted octanol–water partition coefficient (Wildman–Crippen LogP) is 4.60. The summed E-state index contributed by atoms with van der Waals surface area (Å²) in [6.45, 7) is 0.309. The Bertz CT molecular complexity index is 1130. The fourth-order valence-corrected chi connectivity index (χ4v) is 2.86. The number of hydrazone groups is 1. The normalized spacial score (nSPS) is 10.6. The van der Waals surface area contributed by atoms with Crippen LogP contribution in [-0.4, -0.2) is 24.2 Å². The van der Waals surface area contributed by atoms with E-state index in [0.29, 0.717) is 22.9 Å². The van der Waals surface area contributed by atoms with Crippen LogP contribution in [-0.2, 0) is 6.61 Å². The van der Waals surface area contributed by atoms with Crippen molar-refractivity contribution in [2.75, 3.05) is 7.11 Å². The fraction of sp³-hybridized carbons (Fsp3) is 0.0909. The molecule has 0 aromatic heterocycles. The van der Waals surface area contributed by atoms with Crippen LogP contribution < -0.4 is 14.9 Å². The maximum Gasteiger partial charge on any atom is 0.275 e. The van der Waals surface area contributed by atoms with E-state index in [1.165, 1.54) is 25.5 Å². The number of hydrogen-bond donors (Lipinski definition) is 1. The van der Waals surface area contributed by atoms with Crippen LogP contribution in [0.1, 0.15) is 21.5 Å². The Morgan fingerprint density at radius 1 is 1.16 bits per heavy atom. The van der Waals surface area contributed by atoms with E-state index in [-0.39, 0.29) is 17.0 Å². The van der Waals surface area contributed by atoms with Gasteiger partial charge in [0.2, 0.25) is 0 Å². The molecule has 0 aliphatic carbocycles. The molecule has 1 N–H and O–H groups in total. The highest BCUT2D eigenvalue weighted by atomic mass is 35.5. The van der Waals surface area contributed by atoms with Gasteiger partial charge in [-0.2, -0.15) is 5.10 Å². The molecule has 0 spiro atoms. The SMILES string of the molecule is COc1ccc([N+](=O)[O-])cc1C(=O)N/N=C\c1cccc(OCc2ccccc2Cl)c1. The zero-order valence-electron chi connectivity index (χ0n) is 16.4. The molecule has 0 unspecified atom stereocenters. The van der Waals surface area contributed by atoms with Gasteiger partial charge >= 0.3 is 0 Å². The maximum atomic E-state index is 12.4. The molecule has 0 saturated carbocycles. The van der Waals surface area contributed by atoms with Crippen LogP contribution >= 0.6 is 11.6 Å². The number of rotatable bonds is 8. The molecule has 158 valence electrons. The molecule has 1 amide bonds. The van der Waals surface area contributed by atoms with Gasteiger partial charge in [0.1, 0.15) is 18.1 Å². The minimum atomic E-state index is -0.636. The standard InChI is InChI=1S/C22H18ClN3O5/c1-30-21-10-9-17(26(28)29)12-19(21)22(27)25-24-13-15-5-4-7-18(11-15)31-14-16-6-2-3-8-20(16)23/h2-13H,14H2,1H3,(H,25,27)/b24-13-. The molecule has 0 aliphatic rings. The van der Waals surface area contributed by atoms with Gasteiger partial charge < -0.3 is 9.47 Å². The number of methoxy groups -OCH3 is 1. The summed E-state index contributed by atoms with van der Waals surface area (Å²) < 4.78 is 10.9. The number of carbonyl (C=O) groups excluding carboxylic acids is 1. The summed E-state index contributed by atoms with van der Waals surface area (Å²) in [4.78, 5) is 22.7. The molecule has 3 rings (SSSR count). The fourth-order valence-electron chi connectivity index (χ4n) is 2.67. The highest BCUT2D eigenvalue weighted by Gasteiger charge is 2.17. The Balaban J connectivity index is 1.65. The number of nitro groups is 1. The summed E-state index contributed by atoms with van der Waals surface area (Å²) in [5, 5.41) is 15.5. The van der Waals surface area contributed by atoms with E-state index in [9.17, 15) is 14.9 Å². The van der Waals surface area contributed by atoms with Gasteiger partial charge in [-0.3, -0.25) is 14.9 Å². The van der Waals surface area contributed by atoms with Crippen LogP contribution in [0.4, 0.5) is 5.69 Å². The molecule has 0 aliphatic heterocycles. The van der Waals surface area contributed by atoms with Crippen molar-refractivity contribution in [2.45, 2.75) is 6.61 Å². The van der Waals surface area contributed by atoms with Crippen molar-refractivity contribution in [3.8, 4) is 11.5 Å². The second kappa shape index (κ2) is 10.2. The van der Waals surface area contributed by atoms with Gasteiger partial charge in [0, 0.05) is 22.7 Å². The first-order chi connectivity index (χ1) is 15.0. The summed E-state index contributed by atoms with van der Waals surface area (Å²) in [5.41, 5.74) is 3.67. The smallest absolute Gasteiger partial charge is 0.275 e. The third-order valence-electron chi connectivity index (χ3n) is 4.23. The lowest BCUT2D eigenvalue weighted by molar-refractivity contribution is -0.384. The lowest BCUT2D eigenvalue weighted by Gasteiger charge is -2.08. The van der Waals surface area contributed by atoms with Gasteiger partial charge in [-0.15, -0.1) is 0 Å². The molecule has 9 heteroatoms. The van der Waals surface area contributed by atoms with Gasteiger partial charge in [0.15, 0.2) is 0 Å². The molecular formula is C22H18ClN3O5. The molecule has 31 heavy (non-hydrogen) atoms. The van der Waals surface area contributed by atoms with E-state index in [1.807, 2.05) is 18.2 Å². The Morgan fingerprint density at radius 2 is 1.97 bits per heavy atom. The van der Waals surface area contributed by atoms with Gasteiger partial charge in [0.05, 0.1) is 23.8 Å². The first kappa shape index (κ1) is 21.8. The molecule has 0 atom stereocenters. The maximum absolute atomic E-state index is 12.4. The zero-order valence-corrected chi connectivity index (χ0v) is 17.2. The first-order valence-corrected chi connectivity index (χ1v) is 9.48. The van der Waals surface area contributed by atoms with Crippen LogP contribution in [0.3, 0.4) is 0 Å². The van der Waals surface area contributed by atoms with Crippen molar-refractivity contribution in [3.63, 3.8) is 0 Å². The van der Waals surface area contributed by atoms with Crippen molar-refractivity contribution < 1.29 is 19.2 Å². The topological polar surface area (TPSA) is 103 Å². The van der Waals surface area contributed by atoms with Crippen molar-refractivity contribution in [2.24, 2.45) is 5.10 Å². The monoisotopic (exact) mass is 439 g/mol. The Labute approximate surface area is 183 Å². The third-order valence-corrected chi connectivity index (χ3v) is 4.60. The van der Waals surface area contributed by atoms with Gasteiger partial charge in [-0.1, -0.05) is 41.9 Å². The zero-order chi connectivity index (χ0) is 22.2. The average molecular weight is 440 g/mol. The number of carbonyl (C=O) groups is 1.